The summed E-state index contributed by atoms with van der Waals surface area (Å²) >= 11 is 0. The van der Waals surface area contributed by atoms with E-state index in [2.05, 4.69) is 11.8 Å². The third-order valence-corrected chi connectivity index (χ3v) is 4.98. The lowest BCUT2D eigenvalue weighted by Gasteiger charge is -2.41. The van der Waals surface area contributed by atoms with Gasteiger partial charge in [0, 0.05) is 44.3 Å². The number of hydrogen-bond donors (Lipinski definition) is 1. The summed E-state index contributed by atoms with van der Waals surface area (Å²) in [4.78, 5) is 17.1. The van der Waals surface area contributed by atoms with E-state index in [0.717, 1.165) is 56.8 Å². The van der Waals surface area contributed by atoms with Crippen molar-refractivity contribution in [1.82, 2.24) is 9.80 Å². The number of rotatable bonds is 3. The maximum atomic E-state index is 12.6. The van der Waals surface area contributed by atoms with Crippen LogP contribution in [0.2, 0.25) is 0 Å². The topological polar surface area (TPSA) is 58.8 Å². The molecule has 5 nitrogen and oxygen atoms in total. The minimum Gasteiger partial charge on any atom is -0.376 e. The second-order valence-electron chi connectivity index (χ2n) is 6.60. The average molecular weight is 354 g/mol. The molecule has 1 unspecified atom stereocenters. The highest BCUT2D eigenvalue weighted by Crippen LogP contribution is 2.20. The number of amides is 1. The van der Waals surface area contributed by atoms with Crippen LogP contribution in [0.5, 0.6) is 0 Å². The predicted molar refractivity (Wildman–Crippen MR) is 97.5 cm³/mol. The van der Waals surface area contributed by atoms with Crippen LogP contribution in [0.15, 0.2) is 24.3 Å². The molecule has 6 heteroatoms. The number of ether oxygens (including phenoxy) is 1. The van der Waals surface area contributed by atoms with Crippen LogP contribution in [0.4, 0.5) is 0 Å². The van der Waals surface area contributed by atoms with Crippen molar-refractivity contribution in [2.75, 3.05) is 32.8 Å². The number of nitrogens with two attached hydrogens (primary N) is 1. The number of benzene rings is 1. The Hall–Kier alpha value is -1.14. The van der Waals surface area contributed by atoms with Gasteiger partial charge in [0.25, 0.3) is 5.91 Å². The maximum Gasteiger partial charge on any atom is 0.253 e. The highest BCUT2D eigenvalue weighted by Gasteiger charge is 2.29. The van der Waals surface area contributed by atoms with Gasteiger partial charge in [0.2, 0.25) is 0 Å². The molecule has 2 aliphatic rings. The Morgan fingerprint density at radius 1 is 1.21 bits per heavy atom. The SMILES string of the molecule is CC1CN(C2CCN(C(=O)c3ccc(CN)cc3)CC2)CCO1.Cl. The van der Waals surface area contributed by atoms with Gasteiger partial charge in [-0.25, -0.2) is 0 Å². The molecule has 0 saturated carbocycles. The van der Waals surface area contributed by atoms with E-state index in [1.807, 2.05) is 29.2 Å². The molecule has 24 heavy (non-hydrogen) atoms. The first-order valence-corrected chi connectivity index (χ1v) is 8.61. The molecule has 134 valence electrons. The first-order valence-electron chi connectivity index (χ1n) is 8.61. The molecule has 1 aromatic rings. The summed E-state index contributed by atoms with van der Waals surface area (Å²) in [5.74, 6) is 0.141. The number of likely N-dealkylation sites (tertiary alicyclic amines) is 1. The van der Waals surface area contributed by atoms with Gasteiger partial charge in [0.15, 0.2) is 0 Å². The molecule has 0 radical (unpaired) electrons. The molecular weight excluding hydrogens is 326 g/mol. The first kappa shape index (κ1) is 19.2. The van der Waals surface area contributed by atoms with Crippen molar-refractivity contribution in [3.05, 3.63) is 35.4 Å². The Labute approximate surface area is 150 Å². The van der Waals surface area contributed by atoms with Crippen molar-refractivity contribution in [2.24, 2.45) is 5.73 Å². The van der Waals surface area contributed by atoms with Crippen LogP contribution < -0.4 is 5.73 Å². The van der Waals surface area contributed by atoms with Gasteiger partial charge in [-0.1, -0.05) is 12.1 Å². The lowest BCUT2D eigenvalue weighted by molar-refractivity contribution is -0.0423. The standard InChI is InChI=1S/C18H27N3O2.ClH/c1-14-13-21(10-11-23-14)17-6-8-20(9-7-17)18(22)16-4-2-15(12-19)3-5-16;/h2-5,14,17H,6-13,19H2,1H3;1H. The van der Waals surface area contributed by atoms with E-state index in [0.29, 0.717) is 18.7 Å². The number of halogens is 1. The number of hydrogen-bond acceptors (Lipinski definition) is 4. The van der Waals surface area contributed by atoms with E-state index < -0.39 is 0 Å². The molecule has 1 aromatic carbocycles. The smallest absolute Gasteiger partial charge is 0.253 e. The highest BCUT2D eigenvalue weighted by atomic mass is 35.5. The Morgan fingerprint density at radius 3 is 2.46 bits per heavy atom. The minimum atomic E-state index is 0. The van der Waals surface area contributed by atoms with Gasteiger partial charge in [-0.3, -0.25) is 9.69 Å². The van der Waals surface area contributed by atoms with E-state index in [-0.39, 0.29) is 18.3 Å². The van der Waals surface area contributed by atoms with Gasteiger partial charge in [-0.05, 0) is 37.5 Å². The summed E-state index contributed by atoms with van der Waals surface area (Å²) in [6.07, 6.45) is 2.43. The molecule has 0 aromatic heterocycles. The molecule has 0 aliphatic carbocycles. The number of carbonyl (C=O) groups is 1. The zero-order valence-corrected chi connectivity index (χ0v) is 15.1. The summed E-state index contributed by atoms with van der Waals surface area (Å²) in [6, 6.07) is 8.25. The van der Waals surface area contributed by atoms with E-state index in [1.54, 1.807) is 0 Å². The Morgan fingerprint density at radius 2 is 1.88 bits per heavy atom. The van der Waals surface area contributed by atoms with Crippen molar-refractivity contribution in [1.29, 1.82) is 0 Å². The summed E-state index contributed by atoms with van der Waals surface area (Å²) in [5.41, 5.74) is 7.43. The summed E-state index contributed by atoms with van der Waals surface area (Å²) in [6.45, 7) is 7.19. The third kappa shape index (κ3) is 4.48. The largest absolute Gasteiger partial charge is 0.376 e. The van der Waals surface area contributed by atoms with Gasteiger partial charge < -0.3 is 15.4 Å². The van der Waals surface area contributed by atoms with Crippen LogP contribution in [0.3, 0.4) is 0 Å². The molecule has 1 amide bonds. The molecular formula is C18H28ClN3O2. The summed E-state index contributed by atoms with van der Waals surface area (Å²) < 4.78 is 5.62. The Kier molecular flexibility index (Phi) is 7.04. The van der Waals surface area contributed by atoms with Crippen molar-refractivity contribution in [2.45, 2.75) is 38.5 Å². The molecule has 2 N–H and O–H groups in total. The fourth-order valence-corrected chi connectivity index (χ4v) is 3.58. The number of morpholine rings is 1. The van der Waals surface area contributed by atoms with Crippen LogP contribution in [-0.2, 0) is 11.3 Å². The second kappa shape index (κ2) is 8.81. The predicted octanol–water partition coefficient (Wildman–Crippen LogP) is 1.89. The molecule has 0 bridgehead atoms. The summed E-state index contributed by atoms with van der Waals surface area (Å²) in [7, 11) is 0. The third-order valence-electron chi connectivity index (χ3n) is 4.98. The molecule has 0 spiro atoms. The zero-order chi connectivity index (χ0) is 16.2. The van der Waals surface area contributed by atoms with Crippen LogP contribution in [-0.4, -0.2) is 60.6 Å². The normalized spacial score (nSPS) is 22.9. The van der Waals surface area contributed by atoms with Crippen molar-refractivity contribution >= 4 is 18.3 Å². The van der Waals surface area contributed by atoms with Crippen LogP contribution in [0, 0.1) is 0 Å². The first-order chi connectivity index (χ1) is 11.2. The van der Waals surface area contributed by atoms with Crippen LogP contribution >= 0.6 is 12.4 Å². The fourth-order valence-electron chi connectivity index (χ4n) is 3.58. The van der Waals surface area contributed by atoms with E-state index in [4.69, 9.17) is 10.5 Å². The number of piperidine rings is 1. The molecule has 2 fully saturated rings. The quantitative estimate of drug-likeness (QED) is 0.901. The van der Waals surface area contributed by atoms with E-state index in [9.17, 15) is 4.79 Å². The molecule has 3 rings (SSSR count). The van der Waals surface area contributed by atoms with Crippen molar-refractivity contribution < 1.29 is 9.53 Å². The molecule has 2 heterocycles. The van der Waals surface area contributed by atoms with Crippen molar-refractivity contribution in [3.8, 4) is 0 Å². The average Bonchev–Trinajstić information content (AvgIpc) is 2.61. The summed E-state index contributed by atoms with van der Waals surface area (Å²) in [5, 5.41) is 0. The van der Waals surface area contributed by atoms with Gasteiger partial charge in [-0.2, -0.15) is 0 Å². The van der Waals surface area contributed by atoms with Crippen molar-refractivity contribution in [3.63, 3.8) is 0 Å². The number of carbonyl (C=O) groups excluding carboxylic acids is 1. The molecule has 1 atom stereocenters. The Bertz CT molecular complexity index is 530. The van der Waals surface area contributed by atoms with Gasteiger partial charge in [0.05, 0.1) is 12.7 Å². The Balaban J connectivity index is 0.00000208. The highest BCUT2D eigenvalue weighted by molar-refractivity contribution is 5.94. The van der Waals surface area contributed by atoms with E-state index in [1.165, 1.54) is 0 Å². The zero-order valence-electron chi connectivity index (χ0n) is 14.3. The van der Waals surface area contributed by atoms with Crippen LogP contribution in [0.1, 0.15) is 35.7 Å². The van der Waals surface area contributed by atoms with Gasteiger partial charge in [0.1, 0.15) is 0 Å². The van der Waals surface area contributed by atoms with Gasteiger partial charge in [-0.15, -0.1) is 12.4 Å². The minimum absolute atomic E-state index is 0. The van der Waals surface area contributed by atoms with E-state index >= 15 is 0 Å². The maximum absolute atomic E-state index is 12.6. The molecule has 2 aliphatic heterocycles. The van der Waals surface area contributed by atoms with Crippen LogP contribution in [0.25, 0.3) is 0 Å². The molecule has 2 saturated heterocycles. The lowest BCUT2D eigenvalue weighted by atomic mass is 10.0. The fraction of sp³-hybridized carbons (Fsp3) is 0.611. The van der Waals surface area contributed by atoms with Gasteiger partial charge >= 0.3 is 0 Å². The number of nitrogens with zero attached hydrogens (tertiary/aromatic N) is 2. The second-order valence-corrected chi connectivity index (χ2v) is 6.60. The monoisotopic (exact) mass is 353 g/mol. The lowest BCUT2D eigenvalue weighted by Crippen LogP contribution is -2.51.